The van der Waals surface area contributed by atoms with Crippen LogP contribution in [0.2, 0.25) is 0 Å². The van der Waals surface area contributed by atoms with Crippen molar-refractivity contribution in [3.63, 3.8) is 0 Å². The van der Waals surface area contributed by atoms with Gasteiger partial charge in [-0.15, -0.1) is 0 Å². The molecule has 3 N–H and O–H groups in total. The fourth-order valence-corrected chi connectivity index (χ4v) is 14.2. The van der Waals surface area contributed by atoms with E-state index in [-0.39, 0.29) is 25.7 Å². The molecule has 0 aliphatic heterocycles. The van der Waals surface area contributed by atoms with Gasteiger partial charge in [-0.25, -0.2) is 9.13 Å². The lowest BCUT2D eigenvalue weighted by Crippen LogP contribution is -2.30. The van der Waals surface area contributed by atoms with Crippen LogP contribution in [0, 0.1) is 5.92 Å². The number of hydrogen-bond acceptors (Lipinski definition) is 15. The van der Waals surface area contributed by atoms with Gasteiger partial charge in [0.15, 0.2) is 12.2 Å². The Balaban J connectivity index is 5.24. The summed E-state index contributed by atoms with van der Waals surface area (Å²) in [6, 6.07) is 0. The first-order valence-corrected chi connectivity index (χ1v) is 45.1. The molecule has 0 aromatic heterocycles. The topological polar surface area (TPSA) is 237 Å². The van der Waals surface area contributed by atoms with E-state index < -0.39 is 97.5 Å². The molecule has 2 unspecified atom stereocenters. The van der Waals surface area contributed by atoms with Crippen molar-refractivity contribution in [2.24, 2.45) is 5.92 Å². The van der Waals surface area contributed by atoms with E-state index >= 15 is 0 Å². The molecule has 0 amide bonds. The van der Waals surface area contributed by atoms with Crippen LogP contribution in [0.4, 0.5) is 0 Å². The average Bonchev–Trinajstić information content (AvgIpc) is 0.944. The number of esters is 4. The Hall–Kier alpha value is -1.94. The molecule has 0 fully saturated rings. The van der Waals surface area contributed by atoms with Crippen LogP contribution in [0.1, 0.15) is 433 Å². The molecule has 0 spiro atoms. The summed E-state index contributed by atoms with van der Waals surface area (Å²) in [7, 11) is -9.92. The van der Waals surface area contributed by atoms with E-state index in [1.807, 2.05) is 0 Å². The molecule has 0 aliphatic rings. The van der Waals surface area contributed by atoms with Crippen molar-refractivity contribution in [2.45, 2.75) is 451 Å². The van der Waals surface area contributed by atoms with Gasteiger partial charge >= 0.3 is 39.5 Å². The van der Waals surface area contributed by atoms with Gasteiger partial charge in [0.05, 0.1) is 26.4 Å². The molecule has 5 atom stereocenters. The normalized spacial score (nSPS) is 13.8. The van der Waals surface area contributed by atoms with Crippen molar-refractivity contribution in [3.8, 4) is 0 Å². The number of ether oxygens (including phenoxy) is 4. The Morgan fingerprint density at radius 1 is 0.270 bits per heavy atom. The Morgan fingerprint density at radius 2 is 0.460 bits per heavy atom. The monoisotopic (exact) mass is 1470 g/mol. The third-order valence-electron chi connectivity index (χ3n) is 19.0. The molecule has 0 aromatic carbocycles. The number of phosphoric ester groups is 2. The van der Waals surface area contributed by atoms with Gasteiger partial charge in [0.2, 0.25) is 0 Å². The van der Waals surface area contributed by atoms with Crippen LogP contribution in [0.3, 0.4) is 0 Å². The zero-order valence-corrected chi connectivity index (χ0v) is 67.1. The molecular weight excluding hydrogens is 1310 g/mol. The summed E-state index contributed by atoms with van der Waals surface area (Å²) in [6.07, 6.45) is 65.2. The van der Waals surface area contributed by atoms with Crippen molar-refractivity contribution in [1.29, 1.82) is 0 Å². The van der Waals surface area contributed by atoms with Crippen LogP contribution in [0.25, 0.3) is 0 Å². The molecule has 17 nitrogen and oxygen atoms in total. The molecule has 0 aromatic rings. The van der Waals surface area contributed by atoms with Crippen LogP contribution >= 0.6 is 15.6 Å². The minimum Gasteiger partial charge on any atom is -0.462 e. The number of carbonyl (C=O) groups is 4. The summed E-state index contributed by atoms with van der Waals surface area (Å²) in [5.41, 5.74) is 0. The van der Waals surface area contributed by atoms with Crippen molar-refractivity contribution in [2.75, 3.05) is 39.6 Å². The maximum Gasteiger partial charge on any atom is 0.472 e. The van der Waals surface area contributed by atoms with Gasteiger partial charge in [0.1, 0.15) is 19.3 Å². The van der Waals surface area contributed by atoms with Crippen molar-refractivity contribution in [3.05, 3.63) is 0 Å². The molecule has 100 heavy (non-hydrogen) atoms. The summed E-state index contributed by atoms with van der Waals surface area (Å²) in [5.74, 6) is -1.37. The Kier molecular flexibility index (Phi) is 72.5. The largest absolute Gasteiger partial charge is 0.472 e. The summed E-state index contributed by atoms with van der Waals surface area (Å²) in [6.45, 7) is 7.31. The lowest BCUT2D eigenvalue weighted by molar-refractivity contribution is -0.161. The summed E-state index contributed by atoms with van der Waals surface area (Å²) < 4.78 is 68.7. The van der Waals surface area contributed by atoms with Crippen LogP contribution in [0.5, 0.6) is 0 Å². The predicted octanol–water partition coefficient (Wildman–Crippen LogP) is 24.4. The van der Waals surface area contributed by atoms with E-state index in [0.29, 0.717) is 25.7 Å². The molecule has 0 saturated heterocycles. The SMILES string of the molecule is CCCCCCCCCCCCCCCCCCCCCC(=O)O[C@H](COC(=O)CCCCCCCCCCCCCCCCCCC)COP(=O)(O)OC[C@@H](O)COP(=O)(O)OC[C@@H](COC(=O)CCCCCCCCCCCCCC)OC(=O)CCCCCCCCCCCC(C)C. The van der Waals surface area contributed by atoms with E-state index in [1.54, 1.807) is 0 Å². The van der Waals surface area contributed by atoms with Gasteiger partial charge in [-0.05, 0) is 31.6 Å². The zero-order chi connectivity index (χ0) is 73.4. The molecule has 0 rings (SSSR count). The zero-order valence-electron chi connectivity index (χ0n) is 65.3. The molecule has 0 radical (unpaired) electrons. The number of phosphoric acid groups is 2. The maximum atomic E-state index is 13.1. The minimum absolute atomic E-state index is 0.106. The van der Waals surface area contributed by atoms with Crippen LogP contribution in [-0.4, -0.2) is 96.7 Å². The lowest BCUT2D eigenvalue weighted by atomic mass is 10.0. The molecule has 0 saturated carbocycles. The van der Waals surface area contributed by atoms with Gasteiger partial charge < -0.3 is 33.8 Å². The van der Waals surface area contributed by atoms with Crippen LogP contribution < -0.4 is 0 Å². The smallest absolute Gasteiger partial charge is 0.462 e. The lowest BCUT2D eigenvalue weighted by Gasteiger charge is -2.21. The first-order valence-electron chi connectivity index (χ1n) is 42.1. The summed E-state index contributed by atoms with van der Waals surface area (Å²) in [4.78, 5) is 73.0. The fraction of sp³-hybridized carbons (Fsp3) is 0.951. The van der Waals surface area contributed by atoms with E-state index in [0.717, 1.165) is 95.8 Å². The average molecular weight is 1470 g/mol. The number of carbonyl (C=O) groups excluding carboxylic acids is 4. The van der Waals surface area contributed by atoms with Gasteiger partial charge in [-0.3, -0.25) is 37.3 Å². The highest BCUT2D eigenvalue weighted by Gasteiger charge is 2.30. The van der Waals surface area contributed by atoms with Crippen molar-refractivity contribution >= 4 is 39.5 Å². The van der Waals surface area contributed by atoms with Gasteiger partial charge in [0, 0.05) is 25.7 Å². The first kappa shape index (κ1) is 98.1. The molecule has 594 valence electrons. The second kappa shape index (κ2) is 73.9. The highest BCUT2D eigenvalue weighted by atomic mass is 31.2. The Labute approximate surface area is 613 Å². The number of unbranched alkanes of at least 4 members (excludes halogenated alkanes) is 53. The van der Waals surface area contributed by atoms with Crippen LogP contribution in [0.15, 0.2) is 0 Å². The van der Waals surface area contributed by atoms with Crippen molar-refractivity contribution < 1.29 is 80.2 Å². The quantitative estimate of drug-likeness (QED) is 0.0222. The number of hydrogen-bond donors (Lipinski definition) is 3. The Morgan fingerprint density at radius 3 is 0.680 bits per heavy atom. The van der Waals surface area contributed by atoms with E-state index in [1.165, 1.54) is 257 Å². The van der Waals surface area contributed by atoms with Gasteiger partial charge in [-0.1, -0.05) is 381 Å². The van der Waals surface area contributed by atoms with Gasteiger partial charge in [-0.2, -0.15) is 0 Å². The molecule has 0 aliphatic carbocycles. The standard InChI is InChI=1S/C81H158O17P2/c1-6-9-12-15-18-21-24-27-29-31-32-34-36-38-41-46-51-56-61-66-80(85)97-76(70-92-79(84)65-60-55-50-45-40-37-35-33-30-28-25-22-19-16-13-10-7-2)72-95-99(87,88)93-68-75(82)69-94-100(89,90)96-73-77(98-81(86)67-62-57-52-47-42-43-48-53-58-63-74(4)5)71-91-78(83)64-59-54-49-44-39-26-23-20-17-14-11-8-3/h74-77,82H,6-73H2,1-5H3,(H,87,88)(H,89,90)/t75-,76-,77-/m1/s1. The molecule has 19 heteroatoms. The Bertz CT molecular complexity index is 1910. The van der Waals surface area contributed by atoms with E-state index in [2.05, 4.69) is 34.6 Å². The number of rotatable bonds is 81. The molecular formula is C81H158O17P2. The van der Waals surface area contributed by atoms with Gasteiger partial charge in [0.25, 0.3) is 0 Å². The van der Waals surface area contributed by atoms with Crippen molar-refractivity contribution in [1.82, 2.24) is 0 Å². The minimum atomic E-state index is -4.96. The third-order valence-corrected chi connectivity index (χ3v) is 20.9. The summed E-state index contributed by atoms with van der Waals surface area (Å²) in [5, 5.41) is 10.6. The van der Waals surface area contributed by atoms with E-state index in [9.17, 15) is 43.2 Å². The fourth-order valence-electron chi connectivity index (χ4n) is 12.6. The highest BCUT2D eigenvalue weighted by Crippen LogP contribution is 2.45. The second-order valence-electron chi connectivity index (χ2n) is 29.6. The van der Waals surface area contributed by atoms with E-state index in [4.69, 9.17) is 37.0 Å². The third kappa shape index (κ3) is 74.3. The maximum absolute atomic E-state index is 13.1. The second-order valence-corrected chi connectivity index (χ2v) is 32.5. The molecule has 0 bridgehead atoms. The summed E-state index contributed by atoms with van der Waals surface area (Å²) >= 11 is 0. The highest BCUT2D eigenvalue weighted by molar-refractivity contribution is 7.47. The predicted molar refractivity (Wildman–Crippen MR) is 409 cm³/mol. The van der Waals surface area contributed by atoms with Crippen LogP contribution in [-0.2, 0) is 65.4 Å². The first-order chi connectivity index (χ1) is 48.5. The number of aliphatic hydroxyl groups is 1. The number of aliphatic hydroxyl groups excluding tert-OH is 1. The molecule has 0 heterocycles.